The molecule has 134 valence electrons. The first-order valence-corrected chi connectivity index (χ1v) is 10.5. The minimum atomic E-state index is 1.12. The van der Waals surface area contributed by atoms with Crippen LogP contribution in [0.15, 0.2) is 40.9 Å². The average Bonchev–Trinajstić information content (AvgIpc) is 2.97. The molecule has 2 nitrogen and oxygen atoms in total. The lowest BCUT2D eigenvalue weighted by atomic mass is 10.1. The first-order chi connectivity index (χ1) is 12.2. The summed E-state index contributed by atoms with van der Waals surface area (Å²) in [4.78, 5) is 6.17. The number of hydrogen-bond acceptors (Lipinski definition) is 1. The predicted molar refractivity (Wildman–Crippen MR) is 115 cm³/mol. The highest BCUT2D eigenvalue weighted by molar-refractivity contribution is 9.10. The van der Waals surface area contributed by atoms with Gasteiger partial charge < -0.3 is 9.88 Å². The summed E-state index contributed by atoms with van der Waals surface area (Å²) < 4.78 is 1.12. The highest BCUT2D eigenvalue weighted by Gasteiger charge is 2.10. The van der Waals surface area contributed by atoms with Crippen LogP contribution in [0.25, 0.3) is 21.8 Å². The number of nitrogens with one attached hydrogen (secondary N) is 1. The summed E-state index contributed by atoms with van der Waals surface area (Å²) in [6.45, 7) is 6.87. The first-order valence-electron chi connectivity index (χ1n) is 9.69. The number of halogens is 1. The van der Waals surface area contributed by atoms with E-state index in [1.54, 1.807) is 0 Å². The van der Waals surface area contributed by atoms with Crippen molar-refractivity contribution >= 4 is 43.4 Å². The lowest BCUT2D eigenvalue weighted by molar-refractivity contribution is 0.637. The van der Waals surface area contributed by atoms with Crippen LogP contribution in [0.4, 0.5) is 5.69 Å². The molecule has 0 atom stereocenters. The normalized spacial score (nSPS) is 11.5. The van der Waals surface area contributed by atoms with E-state index in [4.69, 9.17) is 0 Å². The van der Waals surface area contributed by atoms with Gasteiger partial charge in [0, 0.05) is 45.1 Å². The molecular formula is C22H29BrN2. The molecule has 0 amide bonds. The Morgan fingerprint density at radius 3 is 2.04 bits per heavy atom. The summed E-state index contributed by atoms with van der Waals surface area (Å²) >= 11 is 3.57. The maximum atomic E-state index is 3.59. The molecule has 1 N–H and O–H groups in total. The molecule has 2 aromatic carbocycles. The Hall–Kier alpha value is -1.48. The van der Waals surface area contributed by atoms with Crippen molar-refractivity contribution in [3.05, 3.63) is 40.9 Å². The smallest absolute Gasteiger partial charge is 0.0485 e. The monoisotopic (exact) mass is 400 g/mol. The van der Waals surface area contributed by atoms with Crippen molar-refractivity contribution in [2.24, 2.45) is 0 Å². The summed E-state index contributed by atoms with van der Waals surface area (Å²) in [6, 6.07) is 13.4. The first kappa shape index (κ1) is 18.3. The Labute approximate surface area is 159 Å². The zero-order valence-corrected chi connectivity index (χ0v) is 17.0. The Morgan fingerprint density at radius 1 is 0.800 bits per heavy atom. The highest BCUT2D eigenvalue weighted by Crippen LogP contribution is 2.30. The van der Waals surface area contributed by atoms with Gasteiger partial charge in [0.15, 0.2) is 0 Å². The number of unbranched alkanes of at least 4 members (excludes halogenated alkanes) is 4. The number of benzene rings is 2. The molecule has 3 rings (SSSR count). The van der Waals surface area contributed by atoms with E-state index < -0.39 is 0 Å². The highest BCUT2D eigenvalue weighted by atomic mass is 79.9. The molecule has 0 fully saturated rings. The van der Waals surface area contributed by atoms with E-state index in [1.165, 1.54) is 66.0 Å². The lowest BCUT2D eigenvalue weighted by Gasteiger charge is -2.25. The molecular weight excluding hydrogens is 372 g/mol. The van der Waals surface area contributed by atoms with Crippen molar-refractivity contribution < 1.29 is 0 Å². The molecule has 1 heterocycles. The fourth-order valence-electron chi connectivity index (χ4n) is 3.54. The fourth-order valence-corrected chi connectivity index (χ4v) is 3.90. The van der Waals surface area contributed by atoms with Crippen LogP contribution in [0.5, 0.6) is 0 Å². The number of aromatic nitrogens is 1. The fraction of sp³-hybridized carbons (Fsp3) is 0.455. The third-order valence-corrected chi connectivity index (χ3v) is 5.47. The van der Waals surface area contributed by atoms with Crippen molar-refractivity contribution in [2.45, 2.75) is 52.4 Å². The van der Waals surface area contributed by atoms with E-state index in [0.717, 1.165) is 17.6 Å². The molecule has 0 spiro atoms. The molecule has 0 saturated heterocycles. The average molecular weight is 401 g/mol. The third kappa shape index (κ3) is 4.38. The van der Waals surface area contributed by atoms with Gasteiger partial charge in [-0.25, -0.2) is 0 Å². The van der Waals surface area contributed by atoms with E-state index >= 15 is 0 Å². The van der Waals surface area contributed by atoms with Gasteiger partial charge in [-0.3, -0.25) is 0 Å². The largest absolute Gasteiger partial charge is 0.371 e. The molecule has 0 radical (unpaired) electrons. The second-order valence-corrected chi connectivity index (χ2v) is 7.86. The zero-order chi connectivity index (χ0) is 17.6. The van der Waals surface area contributed by atoms with Crippen LogP contribution in [0.1, 0.15) is 52.4 Å². The minimum absolute atomic E-state index is 1.12. The van der Waals surface area contributed by atoms with Crippen LogP contribution in [-0.2, 0) is 0 Å². The van der Waals surface area contributed by atoms with Gasteiger partial charge in [0.05, 0.1) is 0 Å². The van der Waals surface area contributed by atoms with Gasteiger partial charge >= 0.3 is 0 Å². The van der Waals surface area contributed by atoms with E-state index in [1.807, 2.05) is 0 Å². The molecule has 0 unspecified atom stereocenters. The van der Waals surface area contributed by atoms with Gasteiger partial charge in [-0.15, -0.1) is 0 Å². The maximum absolute atomic E-state index is 3.59. The summed E-state index contributed by atoms with van der Waals surface area (Å²) in [5.74, 6) is 0. The standard InChI is InChI=1S/C22H29BrN2/c1-3-5-7-13-25(14-8-6-4-2)18-10-12-20-19-11-9-17(23)15-21(19)24-22(20)16-18/h9-12,15-16,24H,3-8,13-14H2,1-2H3. The molecule has 0 bridgehead atoms. The quantitative estimate of drug-likeness (QED) is 0.374. The van der Waals surface area contributed by atoms with Gasteiger partial charge in [0.1, 0.15) is 0 Å². The lowest BCUT2D eigenvalue weighted by Crippen LogP contribution is -2.25. The van der Waals surface area contributed by atoms with Gasteiger partial charge in [0.25, 0.3) is 0 Å². The molecule has 25 heavy (non-hydrogen) atoms. The number of anilines is 1. The Bertz CT molecular complexity index is 811. The summed E-state index contributed by atoms with van der Waals surface area (Å²) in [5.41, 5.74) is 3.79. The Balaban J connectivity index is 1.88. The van der Waals surface area contributed by atoms with Gasteiger partial charge in [-0.2, -0.15) is 0 Å². The summed E-state index contributed by atoms with van der Waals surface area (Å²) in [5, 5.41) is 2.61. The van der Waals surface area contributed by atoms with Crippen molar-refractivity contribution in [1.82, 2.24) is 4.98 Å². The van der Waals surface area contributed by atoms with Gasteiger partial charge in [-0.1, -0.05) is 67.6 Å². The number of aromatic amines is 1. The van der Waals surface area contributed by atoms with Crippen molar-refractivity contribution in [3.63, 3.8) is 0 Å². The van der Waals surface area contributed by atoms with Crippen molar-refractivity contribution in [2.75, 3.05) is 18.0 Å². The van der Waals surface area contributed by atoms with Crippen LogP contribution in [0.2, 0.25) is 0 Å². The second kappa shape index (κ2) is 8.75. The SMILES string of the molecule is CCCCCN(CCCCC)c1ccc2c(c1)[nH]c1cc(Br)ccc12. The third-order valence-electron chi connectivity index (χ3n) is 4.97. The number of fused-ring (bicyclic) bond motifs is 3. The molecule has 0 aliphatic heterocycles. The van der Waals surface area contributed by atoms with E-state index in [0.29, 0.717) is 0 Å². The molecule has 0 aliphatic carbocycles. The number of nitrogens with zero attached hydrogens (tertiary/aromatic N) is 1. The summed E-state index contributed by atoms with van der Waals surface area (Å²) in [7, 11) is 0. The van der Waals surface area contributed by atoms with Crippen LogP contribution in [0, 0.1) is 0 Å². The molecule has 0 saturated carbocycles. The van der Waals surface area contributed by atoms with E-state index in [9.17, 15) is 0 Å². The van der Waals surface area contributed by atoms with Gasteiger partial charge in [0.2, 0.25) is 0 Å². The Morgan fingerprint density at radius 2 is 1.40 bits per heavy atom. The Kier molecular flexibility index (Phi) is 6.41. The van der Waals surface area contributed by atoms with Crippen molar-refractivity contribution in [3.8, 4) is 0 Å². The second-order valence-electron chi connectivity index (χ2n) is 6.95. The zero-order valence-electron chi connectivity index (χ0n) is 15.4. The topological polar surface area (TPSA) is 19.0 Å². The molecule has 1 aromatic heterocycles. The van der Waals surface area contributed by atoms with E-state index in [-0.39, 0.29) is 0 Å². The number of rotatable bonds is 9. The molecule has 3 aromatic rings. The van der Waals surface area contributed by atoms with Crippen LogP contribution in [-0.4, -0.2) is 18.1 Å². The van der Waals surface area contributed by atoms with Crippen LogP contribution >= 0.6 is 15.9 Å². The van der Waals surface area contributed by atoms with Gasteiger partial charge in [-0.05, 0) is 37.1 Å². The predicted octanol–water partition coefficient (Wildman–Crippen LogP) is 7.27. The van der Waals surface area contributed by atoms with Crippen molar-refractivity contribution in [1.29, 1.82) is 0 Å². The van der Waals surface area contributed by atoms with Crippen LogP contribution < -0.4 is 4.90 Å². The number of H-pyrrole nitrogens is 1. The minimum Gasteiger partial charge on any atom is -0.371 e. The van der Waals surface area contributed by atoms with Crippen LogP contribution in [0.3, 0.4) is 0 Å². The summed E-state index contributed by atoms with van der Waals surface area (Å²) in [6.07, 6.45) is 7.73. The molecule has 3 heteroatoms. The van der Waals surface area contributed by atoms with E-state index in [2.05, 4.69) is 76.1 Å². The maximum Gasteiger partial charge on any atom is 0.0485 e. The molecule has 0 aliphatic rings. The number of hydrogen-bond donors (Lipinski definition) is 1.